The van der Waals surface area contributed by atoms with Crippen LogP contribution in [0.1, 0.15) is 5.69 Å². The molecule has 1 aromatic rings. The molecular formula is C9H17N5O2S. The molecule has 2 rings (SSSR count). The van der Waals surface area contributed by atoms with E-state index in [1.807, 2.05) is 0 Å². The summed E-state index contributed by atoms with van der Waals surface area (Å²) in [5.41, 5.74) is 0.924. The van der Waals surface area contributed by atoms with Crippen LogP contribution in [0.2, 0.25) is 0 Å². The summed E-state index contributed by atoms with van der Waals surface area (Å²) in [6, 6.07) is 0. The Balaban J connectivity index is 1.80. The van der Waals surface area contributed by atoms with E-state index in [2.05, 4.69) is 20.0 Å². The van der Waals surface area contributed by atoms with Gasteiger partial charge in [0.05, 0.1) is 6.33 Å². The summed E-state index contributed by atoms with van der Waals surface area (Å²) in [6.45, 7) is 2.86. The highest BCUT2D eigenvalue weighted by molar-refractivity contribution is 7.87. The summed E-state index contributed by atoms with van der Waals surface area (Å²) < 4.78 is 27.8. The Morgan fingerprint density at radius 1 is 1.41 bits per heavy atom. The van der Waals surface area contributed by atoms with Crippen LogP contribution in [0.3, 0.4) is 0 Å². The number of imidazole rings is 1. The van der Waals surface area contributed by atoms with Crippen molar-refractivity contribution in [3.8, 4) is 0 Å². The Morgan fingerprint density at radius 2 is 2.18 bits per heavy atom. The van der Waals surface area contributed by atoms with E-state index in [0.29, 0.717) is 39.1 Å². The van der Waals surface area contributed by atoms with Crippen molar-refractivity contribution >= 4 is 10.2 Å². The van der Waals surface area contributed by atoms with Crippen LogP contribution < -0.4 is 10.0 Å². The van der Waals surface area contributed by atoms with Crippen molar-refractivity contribution in [3.63, 3.8) is 0 Å². The average molecular weight is 259 g/mol. The zero-order chi connectivity index (χ0) is 12.1. The van der Waals surface area contributed by atoms with Crippen LogP contribution in [-0.2, 0) is 16.6 Å². The largest absolute Gasteiger partial charge is 0.348 e. The number of piperazine rings is 1. The molecule has 7 nitrogen and oxygen atoms in total. The van der Waals surface area contributed by atoms with Gasteiger partial charge in [-0.25, -0.2) is 9.71 Å². The van der Waals surface area contributed by atoms with Crippen LogP contribution in [0.25, 0.3) is 0 Å². The summed E-state index contributed by atoms with van der Waals surface area (Å²) in [7, 11) is -3.33. The highest BCUT2D eigenvalue weighted by Crippen LogP contribution is 2.00. The first-order chi connectivity index (χ1) is 8.18. The minimum atomic E-state index is -3.33. The lowest BCUT2D eigenvalue weighted by atomic mass is 10.3. The second-order valence-electron chi connectivity index (χ2n) is 3.88. The summed E-state index contributed by atoms with van der Waals surface area (Å²) >= 11 is 0. The number of aromatic nitrogens is 2. The van der Waals surface area contributed by atoms with Gasteiger partial charge >= 0.3 is 0 Å². The third kappa shape index (κ3) is 3.50. The molecule has 0 radical (unpaired) electrons. The van der Waals surface area contributed by atoms with Crippen LogP contribution in [0.5, 0.6) is 0 Å². The van der Waals surface area contributed by atoms with Gasteiger partial charge in [0.25, 0.3) is 10.2 Å². The van der Waals surface area contributed by atoms with Crippen molar-refractivity contribution in [1.82, 2.24) is 24.3 Å². The lowest BCUT2D eigenvalue weighted by molar-refractivity contribution is 0.355. The maximum absolute atomic E-state index is 11.9. The highest BCUT2D eigenvalue weighted by atomic mass is 32.2. The topological polar surface area (TPSA) is 90.1 Å². The van der Waals surface area contributed by atoms with Crippen molar-refractivity contribution in [3.05, 3.63) is 18.2 Å². The van der Waals surface area contributed by atoms with E-state index < -0.39 is 10.2 Å². The van der Waals surface area contributed by atoms with Crippen LogP contribution >= 0.6 is 0 Å². The molecule has 0 bridgehead atoms. The van der Waals surface area contributed by atoms with Gasteiger partial charge in [0.15, 0.2) is 0 Å². The molecule has 1 aromatic heterocycles. The van der Waals surface area contributed by atoms with Crippen LogP contribution in [0.15, 0.2) is 12.5 Å². The van der Waals surface area contributed by atoms with Gasteiger partial charge in [0, 0.05) is 51.0 Å². The van der Waals surface area contributed by atoms with E-state index in [1.165, 1.54) is 4.31 Å². The fraction of sp³-hybridized carbons (Fsp3) is 0.667. The molecule has 1 saturated heterocycles. The van der Waals surface area contributed by atoms with Gasteiger partial charge < -0.3 is 10.3 Å². The maximum Gasteiger partial charge on any atom is 0.279 e. The molecule has 17 heavy (non-hydrogen) atoms. The van der Waals surface area contributed by atoms with Crippen molar-refractivity contribution in [2.75, 3.05) is 32.7 Å². The zero-order valence-corrected chi connectivity index (χ0v) is 10.3. The number of H-pyrrole nitrogens is 1. The van der Waals surface area contributed by atoms with E-state index >= 15 is 0 Å². The maximum atomic E-state index is 11.9. The minimum Gasteiger partial charge on any atom is -0.348 e. The first-order valence-corrected chi connectivity index (χ1v) is 7.05. The molecule has 0 aliphatic carbocycles. The SMILES string of the molecule is O=S(=O)(NCCc1cnc[nH]1)N1CCNCC1. The van der Waals surface area contributed by atoms with Gasteiger partial charge in [-0.15, -0.1) is 0 Å². The lowest BCUT2D eigenvalue weighted by Crippen LogP contribution is -2.50. The third-order valence-electron chi connectivity index (χ3n) is 2.65. The Kier molecular flexibility index (Phi) is 4.11. The molecule has 0 amide bonds. The van der Waals surface area contributed by atoms with Crippen molar-refractivity contribution in [2.45, 2.75) is 6.42 Å². The van der Waals surface area contributed by atoms with Crippen LogP contribution in [-0.4, -0.2) is 55.4 Å². The molecule has 0 spiro atoms. The van der Waals surface area contributed by atoms with Gasteiger partial charge in [-0.05, 0) is 0 Å². The summed E-state index contributed by atoms with van der Waals surface area (Å²) in [6.07, 6.45) is 3.89. The van der Waals surface area contributed by atoms with E-state index in [0.717, 1.165) is 5.69 Å². The summed E-state index contributed by atoms with van der Waals surface area (Å²) in [5.74, 6) is 0. The summed E-state index contributed by atoms with van der Waals surface area (Å²) in [4.78, 5) is 6.81. The molecule has 96 valence electrons. The molecule has 0 aromatic carbocycles. The number of hydrogen-bond acceptors (Lipinski definition) is 4. The fourth-order valence-corrected chi connectivity index (χ4v) is 2.92. The van der Waals surface area contributed by atoms with Gasteiger partial charge in [-0.2, -0.15) is 12.7 Å². The van der Waals surface area contributed by atoms with Gasteiger partial charge in [0.2, 0.25) is 0 Å². The van der Waals surface area contributed by atoms with Gasteiger partial charge in [0.1, 0.15) is 0 Å². The van der Waals surface area contributed by atoms with E-state index in [4.69, 9.17) is 0 Å². The Labute approximate surface area is 101 Å². The number of aromatic amines is 1. The number of hydrogen-bond donors (Lipinski definition) is 3. The van der Waals surface area contributed by atoms with Gasteiger partial charge in [-0.1, -0.05) is 0 Å². The van der Waals surface area contributed by atoms with Crippen molar-refractivity contribution in [1.29, 1.82) is 0 Å². The predicted molar refractivity (Wildman–Crippen MR) is 63.7 cm³/mol. The molecule has 2 heterocycles. The molecule has 1 fully saturated rings. The molecule has 3 N–H and O–H groups in total. The van der Waals surface area contributed by atoms with E-state index in [1.54, 1.807) is 12.5 Å². The Morgan fingerprint density at radius 3 is 2.82 bits per heavy atom. The molecular weight excluding hydrogens is 242 g/mol. The molecule has 0 unspecified atom stereocenters. The average Bonchev–Trinajstić information content (AvgIpc) is 2.83. The molecule has 1 aliphatic rings. The minimum absolute atomic E-state index is 0.383. The van der Waals surface area contributed by atoms with Gasteiger partial charge in [-0.3, -0.25) is 0 Å². The molecule has 0 saturated carbocycles. The normalized spacial score (nSPS) is 18.4. The Bertz CT molecular complexity index is 424. The second kappa shape index (κ2) is 5.58. The number of nitrogens with one attached hydrogen (secondary N) is 3. The highest BCUT2D eigenvalue weighted by Gasteiger charge is 2.22. The predicted octanol–water partition coefficient (Wildman–Crippen LogP) is -1.31. The molecule has 1 aliphatic heterocycles. The number of rotatable bonds is 5. The smallest absolute Gasteiger partial charge is 0.279 e. The van der Waals surface area contributed by atoms with Crippen molar-refractivity contribution < 1.29 is 8.42 Å². The third-order valence-corrected chi connectivity index (χ3v) is 4.26. The van der Waals surface area contributed by atoms with Crippen LogP contribution in [0, 0.1) is 0 Å². The summed E-state index contributed by atoms with van der Waals surface area (Å²) in [5, 5.41) is 3.12. The molecule has 0 atom stereocenters. The van der Waals surface area contributed by atoms with E-state index in [-0.39, 0.29) is 0 Å². The lowest BCUT2D eigenvalue weighted by Gasteiger charge is -2.26. The number of nitrogens with zero attached hydrogens (tertiary/aromatic N) is 2. The van der Waals surface area contributed by atoms with E-state index in [9.17, 15) is 8.42 Å². The quantitative estimate of drug-likeness (QED) is 0.612. The second-order valence-corrected chi connectivity index (χ2v) is 5.63. The van der Waals surface area contributed by atoms with Crippen molar-refractivity contribution in [2.24, 2.45) is 0 Å². The fourth-order valence-electron chi connectivity index (χ4n) is 1.71. The molecule has 8 heteroatoms. The monoisotopic (exact) mass is 259 g/mol. The first-order valence-electron chi connectivity index (χ1n) is 5.61. The Hall–Kier alpha value is -0.960. The van der Waals surface area contributed by atoms with Crippen LogP contribution in [0.4, 0.5) is 0 Å². The first kappa shape index (κ1) is 12.5. The zero-order valence-electron chi connectivity index (χ0n) is 9.52. The standard InChI is InChI=1S/C9H17N5O2S/c15-17(16,14-5-3-10-4-6-14)13-2-1-9-7-11-8-12-9/h7-8,10,13H,1-6H2,(H,11,12).